The van der Waals surface area contributed by atoms with Crippen molar-refractivity contribution in [1.29, 1.82) is 0 Å². The third-order valence-electron chi connectivity index (χ3n) is 10.1. The van der Waals surface area contributed by atoms with Gasteiger partial charge >= 0.3 is 12.2 Å². The van der Waals surface area contributed by atoms with Gasteiger partial charge in [-0.2, -0.15) is 23.4 Å². The number of carbonyl (C=O) groups is 3. The van der Waals surface area contributed by atoms with Crippen molar-refractivity contribution < 1.29 is 47.4 Å². The molecule has 69 heavy (non-hydrogen) atoms. The first-order valence-electron chi connectivity index (χ1n) is 20.5. The van der Waals surface area contributed by atoms with E-state index in [1.165, 1.54) is 42.5 Å². The van der Waals surface area contributed by atoms with Crippen LogP contribution < -0.4 is 16.1 Å². The number of nitrogens with one attached hydrogen (secondary N) is 3. The van der Waals surface area contributed by atoms with Crippen molar-refractivity contribution in [2.45, 2.75) is 12.8 Å². The molecule has 8 rings (SSSR count). The van der Waals surface area contributed by atoms with Crippen LogP contribution in [0.3, 0.4) is 0 Å². The minimum atomic E-state index is -4.62. The molecule has 0 heterocycles. The predicted octanol–water partition coefficient (Wildman–Crippen LogP) is 13.7. The number of anilines is 2. The molecule has 0 spiro atoms. The summed E-state index contributed by atoms with van der Waals surface area (Å²) >= 11 is 3.39. The van der Waals surface area contributed by atoms with Crippen LogP contribution in [-0.2, 0) is 22.5 Å². The molecule has 344 valence electrons. The van der Waals surface area contributed by atoms with E-state index in [4.69, 9.17) is 9.68 Å². The van der Waals surface area contributed by atoms with Crippen LogP contribution >= 0.6 is 15.9 Å². The van der Waals surface area contributed by atoms with Crippen molar-refractivity contribution in [3.8, 4) is 11.5 Å². The van der Waals surface area contributed by atoms with E-state index in [1.807, 2.05) is 36.4 Å². The second-order valence-corrected chi connectivity index (χ2v) is 15.8. The molecule has 0 fully saturated rings. The average molecular weight is 996 g/mol. The maximum atomic E-state index is 13.4. The number of hydrogen-bond donors (Lipinski definition) is 5. The highest BCUT2D eigenvalue weighted by Crippen LogP contribution is 2.38. The van der Waals surface area contributed by atoms with Crippen LogP contribution in [0.2, 0.25) is 0 Å². The molecule has 5 N–H and O–H groups in total. The molecule has 15 nitrogen and oxygen atoms in total. The Hall–Kier alpha value is -8.97. The highest BCUT2D eigenvalue weighted by atomic mass is 79.9. The number of aromatic hydroxyl groups is 2. The molecule has 0 aliphatic rings. The molecule has 3 amide bonds. The number of nitrogens with zero attached hydrogens (tertiary/aromatic N) is 5. The largest absolute Gasteiger partial charge is 0.506 e. The number of urea groups is 1. The van der Waals surface area contributed by atoms with E-state index in [2.05, 4.69) is 57.7 Å². The number of phenolic OH excluding ortho intramolecular Hbond substituents is 2. The zero-order chi connectivity index (χ0) is 48.5. The average Bonchev–Trinajstić information content (AvgIpc) is 3.34. The second kappa shape index (κ2) is 20.7. The van der Waals surface area contributed by atoms with Gasteiger partial charge in [0.1, 0.15) is 29.5 Å². The van der Waals surface area contributed by atoms with Gasteiger partial charge < -0.3 is 25.2 Å². The Labute approximate surface area is 397 Å². The number of fused-ring (bicyclic) bond motifs is 2. The Morgan fingerprint density at radius 2 is 1.20 bits per heavy atom. The van der Waals surface area contributed by atoms with E-state index >= 15 is 0 Å². The summed E-state index contributed by atoms with van der Waals surface area (Å²) in [5.74, 6) is -1.37. The normalized spacial score (nSPS) is 11.7. The molecular weight excluding hydrogens is 961 g/mol. The molecule has 19 heteroatoms. The lowest BCUT2D eigenvalue weighted by Gasteiger charge is -2.11. The van der Waals surface area contributed by atoms with Gasteiger partial charge in [-0.25, -0.2) is 10.3 Å². The molecule has 0 radical (unpaired) electrons. The lowest BCUT2D eigenvalue weighted by molar-refractivity contribution is -0.137. The maximum absolute atomic E-state index is 13.4. The highest BCUT2D eigenvalue weighted by molar-refractivity contribution is 9.10. The summed E-state index contributed by atoms with van der Waals surface area (Å²) in [5.41, 5.74) is 5.10. The Kier molecular flexibility index (Phi) is 14.0. The van der Waals surface area contributed by atoms with Crippen LogP contribution in [0.1, 0.15) is 37.4 Å². The number of carbonyl (C=O) groups excluding carboxylic acids is 3. The molecule has 0 aromatic heterocycles. The Morgan fingerprint density at radius 3 is 1.83 bits per heavy atom. The van der Waals surface area contributed by atoms with Gasteiger partial charge in [-0.05, 0) is 132 Å². The van der Waals surface area contributed by atoms with Gasteiger partial charge in [0, 0.05) is 37.6 Å². The third kappa shape index (κ3) is 11.7. The van der Waals surface area contributed by atoms with Crippen LogP contribution in [0, 0.1) is 0 Å². The van der Waals surface area contributed by atoms with Gasteiger partial charge in [-0.3, -0.25) is 14.9 Å². The van der Waals surface area contributed by atoms with Gasteiger partial charge in [-0.1, -0.05) is 63.6 Å². The predicted molar refractivity (Wildman–Crippen MR) is 256 cm³/mol. The summed E-state index contributed by atoms with van der Waals surface area (Å²) in [6, 6.07) is 39.1. The van der Waals surface area contributed by atoms with E-state index in [0.29, 0.717) is 38.7 Å². The SMILES string of the molecule is O=C(NC(=O)c1ccc2c(N=Nc3ccc(C(=O)c4ccc(N=Nc5c(O)ccc6cc(CO/N=C/ONc7cccc(Br)c7)ccc56)cc4)cc3)c(O)ccc2c1)Nc1cccc(C(F)(F)F)c1. The van der Waals surface area contributed by atoms with Crippen LogP contribution in [0.15, 0.2) is 188 Å². The van der Waals surface area contributed by atoms with Crippen molar-refractivity contribution in [3.05, 3.63) is 190 Å². The maximum Gasteiger partial charge on any atom is 0.416 e. The third-order valence-corrected chi connectivity index (χ3v) is 10.6. The van der Waals surface area contributed by atoms with Gasteiger partial charge in [-0.15, -0.1) is 10.2 Å². The first-order chi connectivity index (χ1) is 33.3. The van der Waals surface area contributed by atoms with Crippen molar-refractivity contribution in [2.75, 3.05) is 10.8 Å². The van der Waals surface area contributed by atoms with Gasteiger partial charge in [0.25, 0.3) is 5.91 Å². The summed E-state index contributed by atoms with van der Waals surface area (Å²) in [5, 5.41) is 48.8. The molecule has 0 aliphatic carbocycles. The number of hydrogen-bond acceptors (Lipinski definition) is 13. The number of oxime groups is 1. The number of rotatable bonds is 14. The molecule has 0 saturated heterocycles. The molecule has 0 aliphatic heterocycles. The second-order valence-electron chi connectivity index (χ2n) is 14.9. The molecule has 8 aromatic carbocycles. The lowest BCUT2D eigenvalue weighted by atomic mass is 10.0. The topological polar surface area (TPSA) is 208 Å². The van der Waals surface area contributed by atoms with Gasteiger partial charge in [0.15, 0.2) is 5.78 Å². The molecule has 0 unspecified atom stereocenters. The van der Waals surface area contributed by atoms with E-state index in [-0.39, 0.29) is 46.5 Å². The lowest BCUT2D eigenvalue weighted by Crippen LogP contribution is -2.34. The van der Waals surface area contributed by atoms with E-state index in [9.17, 15) is 37.8 Å². The number of amides is 3. The standard InChI is InChI=1S/C50H34BrF3N8O7/c51-36-4-2-6-40(26-36)62-69-28-55-68-27-29-7-19-41-32(23-29)13-21-43(63)45(41)60-58-37-15-8-30(9-16-37)47(65)31-10-17-38(18-11-31)59-61-46-42-20-12-34(24-33(42)14-22-44(46)64)48(66)57-49(67)56-39-5-1-3-35(25-39)50(52,53)54/h1-26,28,62-64H,27H2,(H2,56,57,66,67)/b55-28+,60-58?,61-59?. The fourth-order valence-electron chi connectivity index (χ4n) is 6.76. The Morgan fingerprint density at radius 1 is 0.623 bits per heavy atom. The minimum absolute atomic E-state index is 0.0508. The summed E-state index contributed by atoms with van der Waals surface area (Å²) in [4.78, 5) is 49.2. The van der Waals surface area contributed by atoms with E-state index in [1.54, 1.807) is 60.7 Å². The number of phenols is 2. The summed E-state index contributed by atoms with van der Waals surface area (Å²) < 4.78 is 40.1. The van der Waals surface area contributed by atoms with Crippen molar-refractivity contribution >= 4 is 95.7 Å². The zero-order valence-corrected chi connectivity index (χ0v) is 37.1. The Balaban J connectivity index is 0.862. The number of azo groups is 2. The van der Waals surface area contributed by atoms with Crippen molar-refractivity contribution in [1.82, 2.24) is 5.32 Å². The smallest absolute Gasteiger partial charge is 0.416 e. The Bertz CT molecular complexity index is 3330. The van der Waals surface area contributed by atoms with Crippen LogP contribution in [-0.4, -0.2) is 34.3 Å². The molecule has 8 aromatic rings. The zero-order valence-electron chi connectivity index (χ0n) is 35.5. The quantitative estimate of drug-likeness (QED) is 0.0232. The highest BCUT2D eigenvalue weighted by Gasteiger charge is 2.30. The monoisotopic (exact) mass is 994 g/mol. The van der Waals surface area contributed by atoms with Crippen LogP contribution in [0.5, 0.6) is 11.5 Å². The minimum Gasteiger partial charge on any atom is -0.506 e. The van der Waals surface area contributed by atoms with Gasteiger partial charge in [0.2, 0.25) is 6.40 Å². The number of benzene rings is 8. The first-order valence-corrected chi connectivity index (χ1v) is 21.3. The summed E-state index contributed by atoms with van der Waals surface area (Å²) in [6.45, 7) is 0.159. The molecule has 0 atom stereocenters. The van der Waals surface area contributed by atoms with Gasteiger partial charge in [0.05, 0.1) is 22.6 Å². The fraction of sp³-hybridized carbons (Fsp3) is 0.0400. The van der Waals surface area contributed by atoms with E-state index < -0.39 is 23.7 Å². The number of ketones is 1. The number of halogens is 4. The first kappa shape index (κ1) is 46.6. The number of imide groups is 1. The summed E-state index contributed by atoms with van der Waals surface area (Å²) in [7, 11) is 0. The summed E-state index contributed by atoms with van der Waals surface area (Å²) in [6.07, 6.45) is -3.48. The van der Waals surface area contributed by atoms with Crippen molar-refractivity contribution in [3.63, 3.8) is 0 Å². The van der Waals surface area contributed by atoms with Crippen LogP contribution in [0.25, 0.3) is 21.5 Å². The fourth-order valence-corrected chi connectivity index (χ4v) is 7.16. The molecule has 0 bridgehead atoms. The van der Waals surface area contributed by atoms with Crippen LogP contribution in [0.4, 0.5) is 52.1 Å². The number of alkyl halides is 3. The molecular formula is C50H34BrF3N8O7. The van der Waals surface area contributed by atoms with E-state index in [0.717, 1.165) is 45.7 Å². The molecule has 0 saturated carbocycles. The van der Waals surface area contributed by atoms with Crippen molar-refractivity contribution in [2.24, 2.45) is 25.6 Å².